The Morgan fingerprint density at radius 3 is 2.45 bits per heavy atom. The summed E-state index contributed by atoms with van der Waals surface area (Å²) in [4.78, 5) is 33.6. The molecule has 2 aromatic heterocycles. The summed E-state index contributed by atoms with van der Waals surface area (Å²) < 4.78 is 6.16. The van der Waals surface area contributed by atoms with Gasteiger partial charge in [-0.3, -0.25) is 14.9 Å². The number of ether oxygens (including phenoxy) is 1. The number of aromatic nitrogens is 4. The van der Waals surface area contributed by atoms with Gasteiger partial charge in [0.2, 0.25) is 5.91 Å². The Morgan fingerprint density at radius 2 is 1.81 bits per heavy atom. The van der Waals surface area contributed by atoms with Crippen LogP contribution < -0.4 is 10.6 Å². The number of nitrogens with one attached hydrogen (secondary N) is 3. The van der Waals surface area contributed by atoms with Gasteiger partial charge in [-0.15, -0.1) is 0 Å². The molecule has 2 amide bonds. The number of rotatable bonds is 6. The molecule has 0 bridgehead atoms. The molecule has 0 aliphatic heterocycles. The number of nitrogens with zero attached hydrogens (tertiary/aromatic N) is 3. The van der Waals surface area contributed by atoms with Crippen LogP contribution in [-0.2, 0) is 16.1 Å². The Morgan fingerprint density at radius 1 is 1.13 bits per heavy atom. The first-order valence-corrected chi connectivity index (χ1v) is 10.3. The van der Waals surface area contributed by atoms with Crippen molar-refractivity contribution in [1.29, 1.82) is 0 Å². The number of carbonyl (C=O) groups is 2. The zero-order valence-electron chi connectivity index (χ0n) is 17.3. The summed E-state index contributed by atoms with van der Waals surface area (Å²) in [5, 5.41) is 12.4. The summed E-state index contributed by atoms with van der Waals surface area (Å²) >= 11 is 3.37. The smallest absolute Gasteiger partial charge is 0.408 e. The highest BCUT2D eigenvalue weighted by atomic mass is 79.9. The largest absolute Gasteiger partial charge is 0.444 e. The van der Waals surface area contributed by atoms with Crippen molar-refractivity contribution in [3.05, 3.63) is 64.7 Å². The summed E-state index contributed by atoms with van der Waals surface area (Å²) in [7, 11) is 0. The summed E-state index contributed by atoms with van der Waals surface area (Å²) in [6.07, 6.45) is 2.62. The van der Waals surface area contributed by atoms with Gasteiger partial charge in [0.05, 0.1) is 6.54 Å². The molecule has 10 heteroatoms. The van der Waals surface area contributed by atoms with Gasteiger partial charge in [-0.1, -0.05) is 28.1 Å². The highest BCUT2D eigenvalue weighted by molar-refractivity contribution is 9.10. The summed E-state index contributed by atoms with van der Waals surface area (Å²) in [6, 6.07) is 9.74. The number of aromatic amines is 1. The van der Waals surface area contributed by atoms with Crippen LogP contribution in [0.5, 0.6) is 0 Å². The van der Waals surface area contributed by atoms with Crippen molar-refractivity contribution in [2.45, 2.75) is 39.0 Å². The van der Waals surface area contributed by atoms with E-state index in [-0.39, 0.29) is 6.54 Å². The third-order valence-electron chi connectivity index (χ3n) is 4.03. The average Bonchev–Trinajstić information content (AvgIpc) is 3.19. The fraction of sp³-hybridized carbons (Fsp3) is 0.286. The number of H-pyrrole nitrogens is 1. The molecule has 0 fully saturated rings. The van der Waals surface area contributed by atoms with Crippen LogP contribution in [0.4, 0.5) is 4.79 Å². The van der Waals surface area contributed by atoms with E-state index in [9.17, 15) is 9.59 Å². The Bertz CT molecular complexity index is 1030. The first-order valence-electron chi connectivity index (χ1n) is 9.55. The summed E-state index contributed by atoms with van der Waals surface area (Å²) in [5.74, 6) is 0.574. The van der Waals surface area contributed by atoms with Gasteiger partial charge in [-0.05, 0) is 50.6 Å². The van der Waals surface area contributed by atoms with Crippen molar-refractivity contribution < 1.29 is 14.3 Å². The van der Waals surface area contributed by atoms with Crippen LogP contribution >= 0.6 is 15.9 Å². The number of hydrogen-bond acceptors (Lipinski definition) is 6. The summed E-state index contributed by atoms with van der Waals surface area (Å²) in [6.45, 7) is 5.38. The van der Waals surface area contributed by atoms with Gasteiger partial charge in [-0.25, -0.2) is 9.78 Å². The van der Waals surface area contributed by atoms with E-state index in [0.29, 0.717) is 17.2 Å². The van der Waals surface area contributed by atoms with Crippen LogP contribution in [0.1, 0.15) is 38.2 Å². The summed E-state index contributed by atoms with van der Waals surface area (Å²) in [5.41, 5.74) is 0.735. The van der Waals surface area contributed by atoms with Crippen molar-refractivity contribution in [1.82, 2.24) is 30.8 Å². The van der Waals surface area contributed by atoms with E-state index in [1.165, 1.54) is 0 Å². The molecule has 0 aliphatic carbocycles. The second-order valence-corrected chi connectivity index (χ2v) is 8.61. The van der Waals surface area contributed by atoms with E-state index in [1.54, 1.807) is 69.6 Å². The molecular formula is C21H23BrN6O3. The molecule has 3 rings (SSSR count). The molecule has 0 saturated heterocycles. The van der Waals surface area contributed by atoms with Crippen molar-refractivity contribution in [2.75, 3.05) is 0 Å². The third kappa shape index (κ3) is 6.61. The van der Waals surface area contributed by atoms with Crippen LogP contribution in [0.2, 0.25) is 0 Å². The maximum Gasteiger partial charge on any atom is 0.408 e. The normalized spacial score (nSPS) is 12.1. The highest BCUT2D eigenvalue weighted by Gasteiger charge is 2.26. The number of carbonyl (C=O) groups excluding carboxylic acids is 2. The molecule has 1 unspecified atom stereocenters. The highest BCUT2D eigenvalue weighted by Crippen LogP contribution is 2.19. The fourth-order valence-corrected chi connectivity index (χ4v) is 2.92. The van der Waals surface area contributed by atoms with Gasteiger partial charge in [0.15, 0.2) is 5.82 Å². The number of halogens is 1. The quantitative estimate of drug-likeness (QED) is 0.489. The standard InChI is InChI=1S/C21H23BrN6O3/c1-21(2,3)31-20(30)26-17(13-4-6-15(22)7-5-13)19(29)24-12-16-25-18(28-27-16)14-8-10-23-11-9-14/h4-11,17H,12H2,1-3H3,(H,24,29)(H,26,30)(H,25,27,28). The first kappa shape index (κ1) is 22.4. The molecule has 162 valence electrons. The molecule has 9 nitrogen and oxygen atoms in total. The van der Waals surface area contributed by atoms with Gasteiger partial charge < -0.3 is 15.4 Å². The van der Waals surface area contributed by atoms with Crippen molar-refractivity contribution in [3.63, 3.8) is 0 Å². The lowest BCUT2D eigenvalue weighted by Crippen LogP contribution is -2.42. The van der Waals surface area contributed by atoms with E-state index in [0.717, 1.165) is 10.0 Å². The van der Waals surface area contributed by atoms with Gasteiger partial charge in [-0.2, -0.15) is 5.10 Å². The number of pyridine rings is 1. The topological polar surface area (TPSA) is 122 Å². The lowest BCUT2D eigenvalue weighted by atomic mass is 10.1. The molecule has 0 radical (unpaired) electrons. The van der Waals surface area contributed by atoms with E-state index in [1.807, 2.05) is 0 Å². The predicted molar refractivity (Wildman–Crippen MR) is 118 cm³/mol. The predicted octanol–water partition coefficient (Wildman–Crippen LogP) is 3.51. The van der Waals surface area contributed by atoms with Crippen LogP contribution in [0, 0.1) is 0 Å². The number of benzene rings is 1. The zero-order chi connectivity index (χ0) is 22.4. The average molecular weight is 487 g/mol. The van der Waals surface area contributed by atoms with Crippen LogP contribution in [0.25, 0.3) is 11.4 Å². The zero-order valence-corrected chi connectivity index (χ0v) is 18.9. The first-order chi connectivity index (χ1) is 14.7. The van der Waals surface area contributed by atoms with E-state index >= 15 is 0 Å². The third-order valence-corrected chi connectivity index (χ3v) is 4.56. The molecule has 31 heavy (non-hydrogen) atoms. The van der Waals surface area contributed by atoms with Crippen molar-refractivity contribution >= 4 is 27.9 Å². The Balaban J connectivity index is 1.70. The molecule has 0 saturated carbocycles. The van der Waals surface area contributed by atoms with Gasteiger partial charge in [0.25, 0.3) is 0 Å². The molecule has 0 aliphatic rings. The van der Waals surface area contributed by atoms with Gasteiger partial charge in [0, 0.05) is 22.4 Å². The second kappa shape index (κ2) is 9.69. The molecule has 1 atom stereocenters. The minimum absolute atomic E-state index is 0.111. The van der Waals surface area contributed by atoms with Gasteiger partial charge >= 0.3 is 6.09 Å². The molecule has 2 heterocycles. The van der Waals surface area contributed by atoms with Crippen molar-refractivity contribution in [3.8, 4) is 11.4 Å². The molecule has 1 aromatic carbocycles. The SMILES string of the molecule is CC(C)(C)OC(=O)NC(C(=O)NCc1nc(-c2ccncc2)n[nH]1)c1ccc(Br)cc1. The molecular weight excluding hydrogens is 464 g/mol. The molecule has 0 spiro atoms. The molecule has 3 N–H and O–H groups in total. The van der Waals surface area contributed by atoms with E-state index in [2.05, 4.69) is 46.7 Å². The number of hydrogen-bond donors (Lipinski definition) is 3. The van der Waals surface area contributed by atoms with Crippen LogP contribution in [-0.4, -0.2) is 37.8 Å². The van der Waals surface area contributed by atoms with Crippen molar-refractivity contribution in [2.24, 2.45) is 0 Å². The molecule has 3 aromatic rings. The van der Waals surface area contributed by atoms with E-state index < -0.39 is 23.6 Å². The number of amides is 2. The minimum atomic E-state index is -0.939. The number of alkyl carbamates (subject to hydrolysis) is 1. The van der Waals surface area contributed by atoms with E-state index in [4.69, 9.17) is 4.74 Å². The lowest BCUT2D eigenvalue weighted by molar-refractivity contribution is -0.123. The Hall–Kier alpha value is -3.27. The maximum absolute atomic E-state index is 12.9. The lowest BCUT2D eigenvalue weighted by Gasteiger charge is -2.23. The Labute approximate surface area is 188 Å². The second-order valence-electron chi connectivity index (χ2n) is 7.69. The monoisotopic (exact) mass is 486 g/mol. The Kier molecular flexibility index (Phi) is 7.01. The minimum Gasteiger partial charge on any atom is -0.444 e. The fourth-order valence-electron chi connectivity index (χ4n) is 2.66. The van der Waals surface area contributed by atoms with Crippen LogP contribution in [0.15, 0.2) is 53.3 Å². The van der Waals surface area contributed by atoms with Crippen LogP contribution in [0.3, 0.4) is 0 Å². The van der Waals surface area contributed by atoms with Gasteiger partial charge in [0.1, 0.15) is 17.5 Å². The maximum atomic E-state index is 12.9.